The van der Waals surface area contributed by atoms with Crippen LogP contribution in [0, 0.1) is 13.8 Å². The summed E-state index contributed by atoms with van der Waals surface area (Å²) in [6.07, 6.45) is 8.26. The van der Waals surface area contributed by atoms with Gasteiger partial charge >= 0.3 is 11.9 Å². The lowest BCUT2D eigenvalue weighted by Gasteiger charge is -2.30. The van der Waals surface area contributed by atoms with E-state index in [1.54, 1.807) is 6.92 Å². The number of benzene rings is 2. The summed E-state index contributed by atoms with van der Waals surface area (Å²) in [5.41, 5.74) is 18.0. The third-order valence-electron chi connectivity index (χ3n) is 12.8. The predicted octanol–water partition coefficient (Wildman–Crippen LogP) is 7.11. The molecular formula is C50H60N12O6. The first-order chi connectivity index (χ1) is 32.5. The van der Waals surface area contributed by atoms with Crippen LogP contribution in [0.4, 0.5) is 11.6 Å². The lowest BCUT2D eigenvalue weighted by Crippen LogP contribution is -2.41. The van der Waals surface area contributed by atoms with E-state index in [2.05, 4.69) is 41.3 Å². The Morgan fingerprint density at radius 2 is 1.09 bits per heavy atom. The van der Waals surface area contributed by atoms with E-state index in [-0.39, 0.29) is 47.9 Å². The lowest BCUT2D eigenvalue weighted by molar-refractivity contribution is -0.156. The van der Waals surface area contributed by atoms with Gasteiger partial charge in [0.2, 0.25) is 5.91 Å². The average molecular weight is 925 g/mol. The van der Waals surface area contributed by atoms with E-state index in [1.165, 1.54) is 13.8 Å². The summed E-state index contributed by atoms with van der Waals surface area (Å²) in [6.45, 7) is 11.8. The zero-order valence-electron chi connectivity index (χ0n) is 39.6. The number of para-hydroxylation sites is 2. The molecule has 9 N–H and O–H groups in total. The minimum Gasteiger partial charge on any atom is -0.394 e. The highest BCUT2D eigenvalue weighted by atomic mass is 16.6. The molecule has 18 heteroatoms. The van der Waals surface area contributed by atoms with Crippen LogP contribution in [0.2, 0.25) is 0 Å². The number of nitrogens with two attached hydrogens (primary N) is 1. The van der Waals surface area contributed by atoms with Gasteiger partial charge in [-0.3, -0.25) is 24.0 Å². The lowest BCUT2D eigenvalue weighted by atomic mass is 9.91. The van der Waals surface area contributed by atoms with Gasteiger partial charge in [-0.15, -0.1) is 0 Å². The number of fused-ring (bicyclic) bond motifs is 4. The number of esters is 2. The Balaban J connectivity index is 0.000000162. The predicted molar refractivity (Wildman–Crippen MR) is 260 cm³/mol. The van der Waals surface area contributed by atoms with E-state index < -0.39 is 11.9 Å². The molecule has 3 amide bonds. The molecule has 2 aliphatic heterocycles. The van der Waals surface area contributed by atoms with E-state index in [1.807, 2.05) is 76.2 Å². The van der Waals surface area contributed by atoms with Crippen LogP contribution in [0.1, 0.15) is 142 Å². The van der Waals surface area contributed by atoms with Gasteiger partial charge in [0.05, 0.1) is 57.0 Å². The molecule has 0 unspecified atom stereocenters. The second-order valence-electron chi connectivity index (χ2n) is 18.3. The molecule has 0 radical (unpaired) electrons. The Bertz CT molecular complexity index is 2910. The summed E-state index contributed by atoms with van der Waals surface area (Å²) in [7, 11) is 0. The Morgan fingerprint density at radius 1 is 0.632 bits per heavy atom. The van der Waals surface area contributed by atoms with Crippen molar-refractivity contribution in [3.63, 3.8) is 0 Å². The Morgan fingerprint density at radius 3 is 1.51 bits per heavy atom. The maximum atomic E-state index is 12.2. The van der Waals surface area contributed by atoms with Gasteiger partial charge < -0.3 is 47.0 Å². The molecule has 2 aliphatic carbocycles. The molecule has 6 aromatic rings. The summed E-state index contributed by atoms with van der Waals surface area (Å²) < 4.78 is 3.97. The Hall–Kier alpha value is -7.21. The summed E-state index contributed by atoms with van der Waals surface area (Å²) in [6, 6.07) is 16.7. The number of ether oxygens (including phenoxy) is 1. The molecule has 10 rings (SSSR count). The number of hydrogen-bond donors (Lipinski definition) is 8. The Labute approximate surface area is 394 Å². The van der Waals surface area contributed by atoms with Crippen molar-refractivity contribution < 1.29 is 28.7 Å². The largest absolute Gasteiger partial charge is 0.394 e. The molecule has 0 bridgehead atoms. The van der Waals surface area contributed by atoms with Gasteiger partial charge in [0.25, 0.3) is 11.8 Å². The molecule has 6 atom stereocenters. The summed E-state index contributed by atoms with van der Waals surface area (Å²) in [5, 5.41) is 16.0. The molecule has 6 heterocycles. The smallest absolute Gasteiger partial charge is 0.310 e. The van der Waals surface area contributed by atoms with Crippen LogP contribution >= 0.6 is 0 Å². The van der Waals surface area contributed by atoms with Crippen LogP contribution < -0.4 is 32.3 Å². The van der Waals surface area contributed by atoms with Gasteiger partial charge in [0.15, 0.2) is 0 Å². The number of aryl methyl sites for hydroxylation is 2. The molecule has 0 spiro atoms. The van der Waals surface area contributed by atoms with Crippen LogP contribution in [0.25, 0.3) is 44.6 Å². The third kappa shape index (κ3) is 10.5. The highest BCUT2D eigenvalue weighted by Crippen LogP contribution is 2.36. The van der Waals surface area contributed by atoms with Crippen LogP contribution in [-0.4, -0.2) is 83.7 Å². The maximum Gasteiger partial charge on any atom is 0.310 e. The van der Waals surface area contributed by atoms with Gasteiger partial charge in [-0.25, -0.2) is 19.9 Å². The van der Waals surface area contributed by atoms with Crippen molar-refractivity contribution in [3.05, 3.63) is 82.4 Å². The van der Waals surface area contributed by atoms with Crippen LogP contribution in [-0.2, 0) is 19.1 Å². The number of carbonyl (C=O) groups excluding carboxylic acids is 5. The Kier molecular flexibility index (Phi) is 13.9. The molecule has 0 saturated heterocycles. The van der Waals surface area contributed by atoms with Gasteiger partial charge in [0.1, 0.15) is 22.7 Å². The standard InChI is InChI=1S/C24H28N6O2.C22H26N6O.C4H6O3/c1-12-21-18(24(32)26-12)11-20(29-21)17-8-5-9-19-22(17)30-23(13(2)25-19)28-16-7-4-6-15(10-16)27-14(3)31;1-11-19-16(22(29)25-11)10-18(27-19)15-7-4-8-17-20(15)28-21(12(2)24-17)26-14-6-3-5-13(23)9-14;1-3(5)7-4(2)6/h5,8-9,11-12,15-16,29H,4,6-7,10H2,1-3H3,(H,26,32)(H,27,31)(H,28,30);4,7-8,10-11,13-14,27H,3,5-6,9,23H2,1-2H3,(H,25,29)(H,26,28);1-2H3/t12-,15-,16+;11-,13-,14+;/m11./s1. The maximum absolute atomic E-state index is 12.2. The summed E-state index contributed by atoms with van der Waals surface area (Å²) >= 11 is 0. The number of aromatic amines is 2. The molecule has 2 saturated carbocycles. The van der Waals surface area contributed by atoms with Crippen molar-refractivity contribution in [1.29, 1.82) is 0 Å². The number of hydrogen-bond acceptors (Lipinski definition) is 13. The molecular weight excluding hydrogens is 865 g/mol. The van der Waals surface area contributed by atoms with E-state index in [9.17, 15) is 24.0 Å². The highest BCUT2D eigenvalue weighted by Gasteiger charge is 2.31. The average Bonchev–Trinajstić information content (AvgIpc) is 4.04. The van der Waals surface area contributed by atoms with Gasteiger partial charge in [0, 0.05) is 67.5 Å². The van der Waals surface area contributed by atoms with Crippen LogP contribution in [0.5, 0.6) is 0 Å². The summed E-state index contributed by atoms with van der Waals surface area (Å²) in [4.78, 5) is 81.8. The minimum absolute atomic E-state index is 0.0118. The normalized spacial score (nSPS) is 21.5. The molecule has 4 aliphatic rings. The minimum atomic E-state index is -0.562. The fraction of sp³-hybridized carbons (Fsp3) is 0.420. The van der Waals surface area contributed by atoms with E-state index in [4.69, 9.17) is 25.7 Å². The fourth-order valence-electron chi connectivity index (χ4n) is 9.71. The number of amides is 3. The van der Waals surface area contributed by atoms with Crippen LogP contribution in [0.15, 0.2) is 48.5 Å². The monoisotopic (exact) mass is 924 g/mol. The zero-order chi connectivity index (χ0) is 48.4. The molecule has 2 aromatic carbocycles. The van der Waals surface area contributed by atoms with E-state index >= 15 is 0 Å². The molecule has 18 nitrogen and oxygen atoms in total. The van der Waals surface area contributed by atoms with E-state index in [0.29, 0.717) is 17.2 Å². The second kappa shape index (κ2) is 19.9. The number of aromatic nitrogens is 6. The first-order valence-corrected chi connectivity index (χ1v) is 23.4. The molecule has 2 fully saturated rings. The highest BCUT2D eigenvalue weighted by molar-refractivity contribution is 6.02. The number of rotatable bonds is 7. The number of H-pyrrole nitrogens is 2. The SMILES string of the molecule is CC(=O)N[C@@H]1CCC[C@H](Nc2nc3c(-c4cc5c([nH]4)[C@@H](C)NC5=O)cccc3nc2C)C1.CC(=O)OC(C)=O.Cc1nc2cccc(-c3cc4c([nH]3)[C@@H](C)NC4=O)c2nc1N[C@H]1CCC[C@@H](N)C1. The van der Waals surface area contributed by atoms with Crippen molar-refractivity contribution in [1.82, 2.24) is 45.9 Å². The van der Waals surface area contributed by atoms with Gasteiger partial charge in [-0.2, -0.15) is 0 Å². The van der Waals surface area contributed by atoms with Gasteiger partial charge in [-0.1, -0.05) is 24.3 Å². The van der Waals surface area contributed by atoms with E-state index in [0.717, 1.165) is 130 Å². The molecule has 4 aromatic heterocycles. The summed E-state index contributed by atoms with van der Waals surface area (Å²) in [5.74, 6) is 0.388. The van der Waals surface area contributed by atoms with Crippen molar-refractivity contribution in [2.24, 2.45) is 5.73 Å². The van der Waals surface area contributed by atoms with Gasteiger partial charge in [-0.05, 0) is 103 Å². The number of nitrogens with zero attached hydrogens (tertiary/aromatic N) is 4. The first kappa shape index (κ1) is 47.3. The number of carbonyl (C=O) groups is 5. The zero-order valence-corrected chi connectivity index (χ0v) is 39.6. The molecule has 68 heavy (non-hydrogen) atoms. The molecule has 356 valence electrons. The first-order valence-electron chi connectivity index (χ1n) is 23.4. The van der Waals surface area contributed by atoms with Crippen LogP contribution in [0.3, 0.4) is 0 Å². The number of nitrogens with one attached hydrogen (secondary N) is 7. The second-order valence-corrected chi connectivity index (χ2v) is 18.3. The topological polar surface area (TPSA) is 264 Å². The van der Waals surface area contributed by atoms with Crippen molar-refractivity contribution in [2.75, 3.05) is 10.6 Å². The fourth-order valence-corrected chi connectivity index (χ4v) is 9.71. The quantitative estimate of drug-likeness (QED) is 0.0587. The number of anilines is 2. The van der Waals surface area contributed by atoms with Crippen molar-refractivity contribution in [2.45, 2.75) is 136 Å². The third-order valence-corrected chi connectivity index (χ3v) is 12.8. The van der Waals surface area contributed by atoms with Crippen molar-refractivity contribution >= 4 is 63.4 Å². The van der Waals surface area contributed by atoms with Crippen molar-refractivity contribution in [3.8, 4) is 22.5 Å².